The van der Waals surface area contributed by atoms with Crippen LogP contribution in [0.3, 0.4) is 0 Å². The van der Waals surface area contributed by atoms with Gasteiger partial charge in [0.25, 0.3) is 5.91 Å². The van der Waals surface area contributed by atoms with Gasteiger partial charge < -0.3 is 21.1 Å². The summed E-state index contributed by atoms with van der Waals surface area (Å²) >= 11 is 0. The largest absolute Gasteiger partial charge is 0.461 e. The molecule has 8 nitrogen and oxygen atoms in total. The quantitative estimate of drug-likeness (QED) is 0.512. The topological polar surface area (TPSA) is 118 Å². The van der Waals surface area contributed by atoms with Gasteiger partial charge in [0, 0.05) is 49.3 Å². The molecule has 2 aromatic carbocycles. The van der Waals surface area contributed by atoms with Crippen molar-refractivity contribution >= 4 is 23.8 Å². The van der Waals surface area contributed by atoms with Crippen LogP contribution in [0.25, 0.3) is 5.76 Å². The summed E-state index contributed by atoms with van der Waals surface area (Å²) in [5.74, 6) is -0.255. The lowest BCUT2D eigenvalue weighted by Gasteiger charge is -2.16. The van der Waals surface area contributed by atoms with Crippen LogP contribution in [0.2, 0.25) is 0 Å². The Morgan fingerprint density at radius 1 is 1.25 bits per heavy atom. The number of hydrogen-bond acceptors (Lipinski definition) is 6. The van der Waals surface area contributed by atoms with Crippen LogP contribution >= 0.6 is 0 Å². The first-order chi connectivity index (χ1) is 17.0. The maximum Gasteiger partial charge on any atom is 0.251 e. The highest BCUT2D eigenvalue weighted by Crippen LogP contribution is 2.26. The van der Waals surface area contributed by atoms with Gasteiger partial charge in [-0.1, -0.05) is 0 Å². The molecule has 190 valence electrons. The molecule has 1 aliphatic heterocycles. The molecular formula is C27H32FN5O3. The minimum Gasteiger partial charge on any atom is -0.461 e. The molecule has 4 N–H and O–H groups in total. The van der Waals surface area contributed by atoms with Gasteiger partial charge in [-0.3, -0.25) is 19.6 Å². The molecule has 0 saturated carbocycles. The van der Waals surface area contributed by atoms with Crippen molar-refractivity contribution in [1.29, 1.82) is 0 Å². The molecule has 1 aliphatic rings. The number of allylic oxidation sites excluding steroid dienone is 1. The molecule has 0 bridgehead atoms. The predicted molar refractivity (Wildman–Crippen MR) is 138 cm³/mol. The van der Waals surface area contributed by atoms with Crippen LogP contribution in [0.15, 0.2) is 52.2 Å². The first-order valence-corrected chi connectivity index (χ1v) is 11.6. The molecule has 1 heterocycles. The number of halogens is 1. The van der Waals surface area contributed by atoms with E-state index in [0.29, 0.717) is 51.9 Å². The van der Waals surface area contributed by atoms with E-state index in [0.717, 1.165) is 0 Å². The number of nitrogens with zero attached hydrogens (tertiary/aromatic N) is 2. The fourth-order valence-corrected chi connectivity index (χ4v) is 3.56. The van der Waals surface area contributed by atoms with Crippen LogP contribution < -0.4 is 31.7 Å². The van der Waals surface area contributed by atoms with Crippen molar-refractivity contribution in [3.8, 4) is 5.75 Å². The molecule has 0 atom stereocenters. The number of nitrogens with one attached hydrogen (secondary N) is 2. The van der Waals surface area contributed by atoms with Crippen molar-refractivity contribution in [2.24, 2.45) is 15.7 Å². The Balaban J connectivity index is 1.82. The zero-order valence-corrected chi connectivity index (χ0v) is 21.2. The van der Waals surface area contributed by atoms with Gasteiger partial charge >= 0.3 is 0 Å². The van der Waals surface area contributed by atoms with Gasteiger partial charge in [-0.05, 0) is 63.1 Å². The second kappa shape index (κ2) is 11.2. The van der Waals surface area contributed by atoms with Crippen LogP contribution in [0.1, 0.15) is 48.7 Å². The Hall–Kier alpha value is -4.01. The second-order valence-corrected chi connectivity index (χ2v) is 9.45. The van der Waals surface area contributed by atoms with Crippen molar-refractivity contribution in [2.75, 3.05) is 13.6 Å². The first kappa shape index (κ1) is 26.6. The van der Waals surface area contributed by atoms with E-state index in [9.17, 15) is 14.0 Å². The average molecular weight is 494 g/mol. The van der Waals surface area contributed by atoms with E-state index in [1.807, 2.05) is 20.8 Å². The molecule has 0 unspecified atom stereocenters. The smallest absolute Gasteiger partial charge is 0.251 e. The SMILES string of the molecule is CNC(=O)c1ccc2c(c1)=C(Oc1cc(F)c(CC(=O)N/C(C=NC(C)(C)C)=C/N)cc1C)CCN=2. The van der Waals surface area contributed by atoms with Gasteiger partial charge in [-0.2, -0.15) is 0 Å². The van der Waals surface area contributed by atoms with E-state index < -0.39 is 11.7 Å². The lowest BCUT2D eigenvalue weighted by molar-refractivity contribution is -0.119. The Labute approximate surface area is 209 Å². The van der Waals surface area contributed by atoms with Gasteiger partial charge in [0.15, 0.2) is 0 Å². The fourth-order valence-electron chi connectivity index (χ4n) is 3.56. The first-order valence-electron chi connectivity index (χ1n) is 11.6. The Kier molecular flexibility index (Phi) is 8.24. The van der Waals surface area contributed by atoms with Crippen molar-refractivity contribution in [2.45, 2.75) is 46.1 Å². The van der Waals surface area contributed by atoms with Crippen LogP contribution in [0.5, 0.6) is 5.75 Å². The number of carbonyl (C=O) groups excluding carboxylic acids is 2. The molecule has 2 amide bonds. The summed E-state index contributed by atoms with van der Waals surface area (Å²) in [6, 6.07) is 8.07. The monoisotopic (exact) mass is 493 g/mol. The highest BCUT2D eigenvalue weighted by atomic mass is 19.1. The molecule has 0 saturated heterocycles. The maximum absolute atomic E-state index is 15.0. The third kappa shape index (κ3) is 6.78. The molecule has 0 fully saturated rings. The zero-order chi connectivity index (χ0) is 26.5. The van der Waals surface area contributed by atoms with Gasteiger partial charge in [0.1, 0.15) is 17.3 Å². The lowest BCUT2D eigenvalue weighted by Crippen LogP contribution is -2.34. The molecule has 0 radical (unpaired) electrons. The van der Waals surface area contributed by atoms with Crippen LogP contribution in [0, 0.1) is 12.7 Å². The van der Waals surface area contributed by atoms with Crippen LogP contribution in [0.4, 0.5) is 4.39 Å². The molecule has 36 heavy (non-hydrogen) atoms. The third-order valence-electron chi connectivity index (χ3n) is 5.39. The Morgan fingerprint density at radius 3 is 2.67 bits per heavy atom. The van der Waals surface area contributed by atoms with E-state index >= 15 is 0 Å². The number of benzene rings is 2. The average Bonchev–Trinajstić information content (AvgIpc) is 2.83. The Morgan fingerprint density at radius 2 is 2.00 bits per heavy atom. The van der Waals surface area contributed by atoms with E-state index in [2.05, 4.69) is 20.6 Å². The number of aliphatic imine (C=N–C) groups is 1. The minimum atomic E-state index is -0.562. The zero-order valence-electron chi connectivity index (χ0n) is 21.2. The second-order valence-electron chi connectivity index (χ2n) is 9.45. The summed E-state index contributed by atoms with van der Waals surface area (Å²) in [6.07, 6.45) is 3.06. The van der Waals surface area contributed by atoms with Crippen molar-refractivity contribution < 1.29 is 18.7 Å². The molecule has 0 aliphatic carbocycles. The normalized spacial score (nSPS) is 13.7. The highest BCUT2D eigenvalue weighted by Gasteiger charge is 2.16. The van der Waals surface area contributed by atoms with E-state index in [4.69, 9.17) is 10.5 Å². The number of amides is 2. The summed E-state index contributed by atoms with van der Waals surface area (Å²) < 4.78 is 21.1. The van der Waals surface area contributed by atoms with Crippen molar-refractivity contribution in [1.82, 2.24) is 10.6 Å². The predicted octanol–water partition coefficient (Wildman–Crippen LogP) is 2.03. The summed E-state index contributed by atoms with van der Waals surface area (Å²) in [4.78, 5) is 33.4. The number of aryl methyl sites for hydroxylation is 1. The minimum absolute atomic E-state index is 0.179. The summed E-state index contributed by atoms with van der Waals surface area (Å²) in [7, 11) is 1.56. The third-order valence-corrected chi connectivity index (χ3v) is 5.39. The van der Waals surface area contributed by atoms with Crippen LogP contribution in [-0.2, 0) is 11.2 Å². The van der Waals surface area contributed by atoms with Crippen LogP contribution in [-0.4, -0.2) is 37.2 Å². The standard InChI is InChI=1S/C27H32FN5O3/c1-16-10-18(12-25(34)33-19(14-29)15-32-27(2,3)4)21(28)13-24(16)36-23-8-9-31-22-7-6-17(11-20(22)23)26(35)30-5/h6-7,10-11,13-15H,8-9,12,29H2,1-5H3,(H,30,35)(H,33,34)/b19-14+,32-15?. The maximum atomic E-state index is 15.0. The highest BCUT2D eigenvalue weighted by molar-refractivity contribution is 5.94. The van der Waals surface area contributed by atoms with Crippen molar-refractivity contribution in [3.05, 3.63) is 75.3 Å². The summed E-state index contributed by atoms with van der Waals surface area (Å²) in [5.41, 5.74) is 6.97. The number of ether oxygens (including phenoxy) is 1. The van der Waals surface area contributed by atoms with Gasteiger partial charge in [0.05, 0.1) is 23.0 Å². The molecule has 0 spiro atoms. The molecule has 0 aromatic heterocycles. The number of hydrogen-bond donors (Lipinski definition) is 3. The molecule has 3 rings (SSSR count). The molecule has 2 aromatic rings. The summed E-state index contributed by atoms with van der Waals surface area (Å²) in [6.45, 7) is 8.06. The fraction of sp³-hybridized carbons (Fsp3) is 0.333. The van der Waals surface area contributed by atoms with Gasteiger partial charge in [-0.25, -0.2) is 4.39 Å². The van der Waals surface area contributed by atoms with E-state index in [-0.39, 0.29) is 23.4 Å². The Bertz CT molecular complexity index is 1360. The van der Waals surface area contributed by atoms with Gasteiger partial charge in [-0.15, -0.1) is 0 Å². The summed E-state index contributed by atoms with van der Waals surface area (Å²) in [5, 5.41) is 6.66. The number of carbonyl (C=O) groups is 2. The van der Waals surface area contributed by atoms with Crippen molar-refractivity contribution in [3.63, 3.8) is 0 Å². The number of rotatable bonds is 7. The molecular weight excluding hydrogens is 461 g/mol. The number of nitrogens with two attached hydrogens (primary N) is 1. The van der Waals surface area contributed by atoms with E-state index in [1.165, 1.54) is 18.5 Å². The van der Waals surface area contributed by atoms with Gasteiger partial charge in [0.2, 0.25) is 5.91 Å². The lowest BCUT2D eigenvalue weighted by atomic mass is 10.1. The molecule has 9 heteroatoms. The van der Waals surface area contributed by atoms with E-state index in [1.54, 1.807) is 38.2 Å². The number of fused-ring (bicyclic) bond motifs is 1.